The highest BCUT2D eigenvalue weighted by atomic mass is 35.5. The molecule has 0 N–H and O–H groups in total. The molecular formula is C16H10ClN3S. The number of aromatic nitrogens is 3. The predicted molar refractivity (Wildman–Crippen MR) is 87.9 cm³/mol. The van der Waals surface area contributed by atoms with Crippen molar-refractivity contribution in [2.75, 3.05) is 0 Å². The minimum atomic E-state index is 0.490. The number of hydrogen-bond acceptors (Lipinski definition) is 4. The lowest BCUT2D eigenvalue weighted by atomic mass is 10.1. The number of hydrogen-bond donors (Lipinski definition) is 0. The van der Waals surface area contributed by atoms with E-state index in [0.29, 0.717) is 5.15 Å². The number of benzene rings is 1. The van der Waals surface area contributed by atoms with Crippen molar-refractivity contribution in [3.05, 3.63) is 53.4 Å². The molecule has 4 aromatic rings. The normalized spacial score (nSPS) is 11.3. The van der Waals surface area contributed by atoms with Gasteiger partial charge in [0.25, 0.3) is 0 Å². The van der Waals surface area contributed by atoms with E-state index in [1.807, 2.05) is 18.2 Å². The lowest BCUT2D eigenvalue weighted by Gasteiger charge is -2.03. The van der Waals surface area contributed by atoms with Gasteiger partial charge in [-0.3, -0.25) is 0 Å². The molecule has 1 aromatic carbocycles. The number of halogens is 1. The number of aryl methyl sites for hydroxylation is 1. The second-order valence-electron chi connectivity index (χ2n) is 4.81. The molecule has 0 aliphatic carbocycles. The lowest BCUT2D eigenvalue weighted by molar-refractivity contribution is 1.23. The molecule has 102 valence electrons. The molecule has 0 unspecified atom stereocenters. The van der Waals surface area contributed by atoms with Crippen LogP contribution >= 0.6 is 22.9 Å². The first-order valence-corrected chi connectivity index (χ1v) is 7.69. The summed E-state index contributed by atoms with van der Waals surface area (Å²) < 4.78 is 0.898. The first kappa shape index (κ1) is 12.7. The van der Waals surface area contributed by atoms with Gasteiger partial charge in [0.1, 0.15) is 16.3 Å². The highest BCUT2D eigenvalue weighted by Crippen LogP contribution is 2.37. The minimum absolute atomic E-state index is 0.490. The molecule has 0 radical (unpaired) electrons. The number of nitrogens with zero attached hydrogens (tertiary/aromatic N) is 3. The molecule has 0 atom stereocenters. The number of thiophene rings is 1. The van der Waals surface area contributed by atoms with Crippen LogP contribution in [0.15, 0.2) is 42.7 Å². The van der Waals surface area contributed by atoms with E-state index in [1.54, 1.807) is 11.3 Å². The van der Waals surface area contributed by atoms with E-state index in [9.17, 15) is 0 Å². The van der Waals surface area contributed by atoms with Crippen LogP contribution in [-0.4, -0.2) is 15.0 Å². The average molecular weight is 312 g/mol. The van der Waals surface area contributed by atoms with Crippen molar-refractivity contribution in [2.45, 2.75) is 6.92 Å². The van der Waals surface area contributed by atoms with E-state index in [2.05, 4.69) is 35.1 Å². The van der Waals surface area contributed by atoms with Crippen LogP contribution in [0.5, 0.6) is 0 Å². The fraction of sp³-hybridized carbons (Fsp3) is 0.0625. The highest BCUT2D eigenvalue weighted by molar-refractivity contribution is 7.26. The van der Waals surface area contributed by atoms with E-state index in [1.165, 1.54) is 6.33 Å². The average Bonchev–Trinajstić information content (AvgIpc) is 2.89. The summed E-state index contributed by atoms with van der Waals surface area (Å²) in [5.41, 5.74) is 4.12. The molecule has 0 saturated heterocycles. The van der Waals surface area contributed by atoms with Crippen LogP contribution in [0.4, 0.5) is 0 Å². The standard InChI is InChI=1S/C16H10ClN3S/c1-9-7-11(10-5-3-2-4-6-10)20-16-12(9)13-14(21-16)15(17)19-8-18-13/h2-8H,1H3. The molecule has 0 fully saturated rings. The summed E-state index contributed by atoms with van der Waals surface area (Å²) in [6.45, 7) is 2.08. The maximum absolute atomic E-state index is 6.17. The molecule has 3 aromatic heterocycles. The van der Waals surface area contributed by atoms with Gasteiger partial charge in [-0.2, -0.15) is 0 Å². The number of pyridine rings is 1. The van der Waals surface area contributed by atoms with Crippen molar-refractivity contribution in [1.29, 1.82) is 0 Å². The van der Waals surface area contributed by atoms with Crippen LogP contribution in [0.2, 0.25) is 5.15 Å². The van der Waals surface area contributed by atoms with Crippen molar-refractivity contribution in [3.8, 4) is 11.3 Å². The largest absolute Gasteiger partial charge is 0.237 e. The maximum atomic E-state index is 6.17. The summed E-state index contributed by atoms with van der Waals surface area (Å²) in [7, 11) is 0. The fourth-order valence-corrected chi connectivity index (χ4v) is 3.81. The summed E-state index contributed by atoms with van der Waals surface area (Å²) in [5.74, 6) is 0. The van der Waals surface area contributed by atoms with Gasteiger partial charge in [-0.25, -0.2) is 15.0 Å². The Kier molecular flexibility index (Phi) is 2.87. The number of rotatable bonds is 1. The van der Waals surface area contributed by atoms with Crippen molar-refractivity contribution in [3.63, 3.8) is 0 Å². The molecule has 4 rings (SSSR count). The molecule has 3 heterocycles. The maximum Gasteiger partial charge on any atom is 0.150 e. The van der Waals surface area contributed by atoms with Crippen LogP contribution in [0.3, 0.4) is 0 Å². The smallest absolute Gasteiger partial charge is 0.150 e. The van der Waals surface area contributed by atoms with Crippen LogP contribution < -0.4 is 0 Å². The minimum Gasteiger partial charge on any atom is -0.237 e. The molecule has 0 saturated carbocycles. The van der Waals surface area contributed by atoms with E-state index in [-0.39, 0.29) is 0 Å². The van der Waals surface area contributed by atoms with Crippen LogP contribution in [-0.2, 0) is 0 Å². The van der Waals surface area contributed by atoms with Crippen molar-refractivity contribution >= 4 is 43.4 Å². The van der Waals surface area contributed by atoms with Gasteiger partial charge in [0.2, 0.25) is 0 Å². The zero-order valence-corrected chi connectivity index (χ0v) is 12.7. The first-order valence-electron chi connectivity index (χ1n) is 6.50. The quantitative estimate of drug-likeness (QED) is 0.471. The molecule has 0 aliphatic rings. The lowest BCUT2D eigenvalue weighted by Crippen LogP contribution is -1.86. The Bertz CT molecular complexity index is 964. The summed E-state index contributed by atoms with van der Waals surface area (Å²) in [6, 6.07) is 12.3. The van der Waals surface area contributed by atoms with E-state index in [4.69, 9.17) is 16.6 Å². The third-order valence-electron chi connectivity index (χ3n) is 3.45. The van der Waals surface area contributed by atoms with E-state index >= 15 is 0 Å². The Balaban J connectivity index is 2.07. The zero-order valence-electron chi connectivity index (χ0n) is 11.2. The Labute approximate surface area is 130 Å². The SMILES string of the molecule is Cc1cc(-c2ccccc2)nc2sc3c(Cl)ncnc3c12. The van der Waals surface area contributed by atoms with Crippen molar-refractivity contribution in [2.24, 2.45) is 0 Å². The van der Waals surface area contributed by atoms with E-state index < -0.39 is 0 Å². The molecule has 0 spiro atoms. The second-order valence-corrected chi connectivity index (χ2v) is 6.17. The van der Waals surface area contributed by atoms with Gasteiger partial charge in [-0.1, -0.05) is 41.9 Å². The molecule has 0 bridgehead atoms. The third-order valence-corrected chi connectivity index (χ3v) is 4.93. The van der Waals surface area contributed by atoms with E-state index in [0.717, 1.165) is 37.3 Å². The zero-order chi connectivity index (χ0) is 14.4. The van der Waals surface area contributed by atoms with Gasteiger partial charge in [0.15, 0.2) is 0 Å². The highest BCUT2D eigenvalue weighted by Gasteiger charge is 2.14. The Morgan fingerprint density at radius 1 is 1.10 bits per heavy atom. The molecule has 3 nitrogen and oxygen atoms in total. The van der Waals surface area contributed by atoms with Gasteiger partial charge < -0.3 is 0 Å². The molecule has 21 heavy (non-hydrogen) atoms. The van der Waals surface area contributed by atoms with Gasteiger partial charge in [0, 0.05) is 10.9 Å². The summed E-state index contributed by atoms with van der Waals surface area (Å²) in [5, 5.41) is 1.56. The summed E-state index contributed by atoms with van der Waals surface area (Å²) >= 11 is 7.71. The molecule has 5 heteroatoms. The summed E-state index contributed by atoms with van der Waals surface area (Å²) in [4.78, 5) is 14.1. The van der Waals surface area contributed by atoms with Crippen LogP contribution in [0.1, 0.15) is 5.56 Å². The Morgan fingerprint density at radius 2 is 1.90 bits per heavy atom. The molecule has 0 amide bonds. The van der Waals surface area contributed by atoms with Gasteiger partial charge in [0.05, 0.1) is 15.9 Å². The second kappa shape index (κ2) is 4.76. The predicted octanol–water partition coefficient (Wildman–Crippen LogP) is 4.87. The fourth-order valence-electron chi connectivity index (χ4n) is 2.48. The Hall–Kier alpha value is -2.04. The topological polar surface area (TPSA) is 38.7 Å². The monoisotopic (exact) mass is 311 g/mol. The third kappa shape index (κ3) is 1.99. The first-order chi connectivity index (χ1) is 10.2. The Morgan fingerprint density at radius 3 is 2.71 bits per heavy atom. The molecular weight excluding hydrogens is 302 g/mol. The number of fused-ring (bicyclic) bond motifs is 3. The van der Waals surface area contributed by atoms with Crippen molar-refractivity contribution in [1.82, 2.24) is 15.0 Å². The summed E-state index contributed by atoms with van der Waals surface area (Å²) in [6.07, 6.45) is 1.50. The van der Waals surface area contributed by atoms with Crippen LogP contribution in [0, 0.1) is 6.92 Å². The molecule has 0 aliphatic heterocycles. The van der Waals surface area contributed by atoms with Crippen molar-refractivity contribution < 1.29 is 0 Å². The van der Waals surface area contributed by atoms with Gasteiger partial charge in [-0.15, -0.1) is 11.3 Å². The van der Waals surface area contributed by atoms with Crippen LogP contribution in [0.25, 0.3) is 31.7 Å². The van der Waals surface area contributed by atoms with Gasteiger partial charge in [-0.05, 0) is 18.6 Å². The van der Waals surface area contributed by atoms with Gasteiger partial charge >= 0.3 is 0 Å².